The van der Waals surface area contributed by atoms with Crippen molar-refractivity contribution >= 4 is 5.91 Å². The molecule has 1 fully saturated rings. The molecule has 0 saturated carbocycles. The molecule has 0 aliphatic carbocycles. The van der Waals surface area contributed by atoms with Gasteiger partial charge in [0.2, 0.25) is 5.91 Å². The number of hydrogen-bond donors (Lipinski definition) is 1. The predicted molar refractivity (Wildman–Crippen MR) is 87.8 cm³/mol. The van der Waals surface area contributed by atoms with Crippen LogP contribution >= 0.6 is 0 Å². The average Bonchev–Trinajstić information content (AvgIpc) is 2.57. The second-order valence-corrected chi connectivity index (χ2v) is 5.76. The van der Waals surface area contributed by atoms with E-state index in [9.17, 15) is 4.79 Å². The molecule has 0 atom stereocenters. The zero-order chi connectivity index (χ0) is 16.1. The highest BCUT2D eigenvalue weighted by Gasteiger charge is 2.31. The second kappa shape index (κ2) is 7.24. The third-order valence-electron chi connectivity index (χ3n) is 4.02. The summed E-state index contributed by atoms with van der Waals surface area (Å²) in [5.74, 6) is 1.12. The molecule has 23 heavy (non-hydrogen) atoms. The number of carbonyl (C=O) groups excluding carboxylic acids is 1. The maximum Gasteiger partial charge on any atom is 0.225 e. The third-order valence-corrected chi connectivity index (χ3v) is 4.02. The molecule has 0 radical (unpaired) electrons. The van der Waals surface area contributed by atoms with Gasteiger partial charge in [-0.15, -0.1) is 0 Å². The Morgan fingerprint density at radius 1 is 1.26 bits per heavy atom. The van der Waals surface area contributed by atoms with Crippen molar-refractivity contribution in [3.05, 3.63) is 59.9 Å². The molecule has 1 aliphatic rings. The van der Waals surface area contributed by atoms with E-state index in [-0.39, 0.29) is 11.8 Å². The predicted octanol–water partition coefficient (Wildman–Crippen LogP) is 1.84. The molecular formula is C18H21N3O2. The van der Waals surface area contributed by atoms with Crippen molar-refractivity contribution in [1.82, 2.24) is 15.2 Å². The van der Waals surface area contributed by atoms with E-state index in [1.165, 1.54) is 5.56 Å². The first kappa shape index (κ1) is 15.5. The van der Waals surface area contributed by atoms with Gasteiger partial charge in [-0.1, -0.05) is 18.2 Å². The second-order valence-electron chi connectivity index (χ2n) is 5.76. The summed E-state index contributed by atoms with van der Waals surface area (Å²) in [7, 11) is 1.69. The van der Waals surface area contributed by atoms with Gasteiger partial charge in [-0.2, -0.15) is 0 Å². The first-order valence-corrected chi connectivity index (χ1v) is 7.80. The lowest BCUT2D eigenvalue weighted by atomic mass is 9.98. The van der Waals surface area contributed by atoms with Gasteiger partial charge in [-0.3, -0.25) is 14.7 Å². The number of rotatable bonds is 6. The van der Waals surface area contributed by atoms with E-state index in [0.717, 1.165) is 31.1 Å². The van der Waals surface area contributed by atoms with E-state index in [4.69, 9.17) is 4.74 Å². The van der Waals surface area contributed by atoms with E-state index in [1.807, 2.05) is 30.3 Å². The molecule has 5 nitrogen and oxygen atoms in total. The van der Waals surface area contributed by atoms with Gasteiger partial charge < -0.3 is 10.1 Å². The number of likely N-dealkylation sites (tertiary alicyclic amines) is 1. The number of amides is 1. The molecule has 1 amide bonds. The van der Waals surface area contributed by atoms with Crippen LogP contribution in [-0.4, -0.2) is 35.9 Å². The normalized spacial score (nSPS) is 15.0. The van der Waals surface area contributed by atoms with Gasteiger partial charge in [0.05, 0.1) is 11.6 Å². The van der Waals surface area contributed by atoms with Crippen LogP contribution in [0.25, 0.3) is 0 Å². The molecule has 1 saturated heterocycles. The van der Waals surface area contributed by atoms with Gasteiger partial charge in [-0.25, -0.2) is 0 Å². The summed E-state index contributed by atoms with van der Waals surface area (Å²) in [6, 6.07) is 13.9. The highest BCUT2D eigenvalue weighted by molar-refractivity contribution is 5.79. The molecule has 1 aliphatic heterocycles. The highest BCUT2D eigenvalue weighted by atomic mass is 16.5. The smallest absolute Gasteiger partial charge is 0.225 e. The Hall–Kier alpha value is -2.40. The largest absolute Gasteiger partial charge is 0.487 e. The Morgan fingerprint density at radius 3 is 2.70 bits per heavy atom. The summed E-state index contributed by atoms with van der Waals surface area (Å²) < 4.78 is 5.73. The average molecular weight is 311 g/mol. The van der Waals surface area contributed by atoms with Gasteiger partial charge in [0.1, 0.15) is 12.4 Å². The van der Waals surface area contributed by atoms with Crippen LogP contribution in [0.5, 0.6) is 5.75 Å². The number of nitrogens with zero attached hydrogens (tertiary/aromatic N) is 2. The summed E-state index contributed by atoms with van der Waals surface area (Å²) in [5.41, 5.74) is 2.14. The summed E-state index contributed by atoms with van der Waals surface area (Å²) in [6.07, 6.45) is 1.76. The number of nitrogens with one attached hydrogen (secondary N) is 1. The minimum atomic E-state index is 0.138. The Balaban J connectivity index is 1.45. The Bertz CT molecular complexity index is 637. The molecule has 0 unspecified atom stereocenters. The first-order valence-electron chi connectivity index (χ1n) is 7.80. The maximum absolute atomic E-state index is 11.5. The van der Waals surface area contributed by atoms with Crippen LogP contribution in [0.1, 0.15) is 11.3 Å². The number of pyridine rings is 1. The van der Waals surface area contributed by atoms with Crippen molar-refractivity contribution < 1.29 is 9.53 Å². The van der Waals surface area contributed by atoms with Gasteiger partial charge in [0.15, 0.2) is 0 Å². The van der Waals surface area contributed by atoms with Crippen LogP contribution in [0.3, 0.4) is 0 Å². The standard InChI is InChI=1S/C18H21N3O2/c1-19-18(22)15-11-21(12-15)10-14-5-7-17(8-6-14)23-13-16-4-2-3-9-20-16/h2-9,15H,10-13H2,1H3,(H,19,22). The lowest BCUT2D eigenvalue weighted by molar-refractivity contribution is -0.129. The third kappa shape index (κ3) is 4.07. The maximum atomic E-state index is 11.5. The molecule has 120 valence electrons. The van der Waals surface area contributed by atoms with Gasteiger partial charge in [-0.05, 0) is 29.8 Å². The van der Waals surface area contributed by atoms with Crippen molar-refractivity contribution in [2.75, 3.05) is 20.1 Å². The molecule has 1 aromatic heterocycles. The molecule has 0 spiro atoms. The highest BCUT2D eigenvalue weighted by Crippen LogP contribution is 2.20. The fourth-order valence-corrected chi connectivity index (χ4v) is 2.66. The number of hydrogen-bond acceptors (Lipinski definition) is 4. The van der Waals surface area contributed by atoms with Crippen molar-refractivity contribution in [3.8, 4) is 5.75 Å². The summed E-state index contributed by atoms with van der Waals surface area (Å²) >= 11 is 0. The molecule has 5 heteroatoms. The van der Waals surface area contributed by atoms with Crippen molar-refractivity contribution in [2.45, 2.75) is 13.2 Å². The summed E-state index contributed by atoms with van der Waals surface area (Å²) in [4.78, 5) is 18.0. The Labute approximate surface area is 136 Å². The minimum absolute atomic E-state index is 0.138. The Morgan fingerprint density at radius 2 is 2.04 bits per heavy atom. The monoisotopic (exact) mass is 311 g/mol. The van der Waals surface area contributed by atoms with Crippen LogP contribution in [-0.2, 0) is 17.9 Å². The lowest BCUT2D eigenvalue weighted by Crippen LogP contribution is -2.52. The van der Waals surface area contributed by atoms with E-state index >= 15 is 0 Å². The van der Waals surface area contributed by atoms with Crippen LogP contribution in [0.2, 0.25) is 0 Å². The fraction of sp³-hybridized carbons (Fsp3) is 0.333. The molecule has 1 aromatic carbocycles. The summed E-state index contributed by atoms with van der Waals surface area (Å²) in [6.45, 7) is 3.00. The van der Waals surface area contributed by atoms with E-state index in [0.29, 0.717) is 6.61 Å². The zero-order valence-corrected chi connectivity index (χ0v) is 13.2. The summed E-state index contributed by atoms with van der Waals surface area (Å²) in [5, 5.41) is 2.70. The van der Waals surface area contributed by atoms with Gasteiger partial charge in [0, 0.05) is 32.9 Å². The van der Waals surface area contributed by atoms with Crippen LogP contribution in [0.4, 0.5) is 0 Å². The SMILES string of the molecule is CNC(=O)C1CN(Cc2ccc(OCc3ccccn3)cc2)C1. The minimum Gasteiger partial charge on any atom is -0.487 e. The first-order chi connectivity index (χ1) is 11.2. The van der Waals surface area contributed by atoms with Gasteiger partial charge >= 0.3 is 0 Å². The molecule has 0 bridgehead atoms. The zero-order valence-electron chi connectivity index (χ0n) is 13.2. The van der Waals surface area contributed by atoms with E-state index in [2.05, 4.69) is 27.3 Å². The molecular weight excluding hydrogens is 290 g/mol. The van der Waals surface area contributed by atoms with Crippen LogP contribution in [0.15, 0.2) is 48.7 Å². The molecule has 1 N–H and O–H groups in total. The molecule has 2 heterocycles. The quantitative estimate of drug-likeness (QED) is 0.884. The van der Waals surface area contributed by atoms with E-state index in [1.54, 1.807) is 13.2 Å². The van der Waals surface area contributed by atoms with Crippen molar-refractivity contribution in [2.24, 2.45) is 5.92 Å². The van der Waals surface area contributed by atoms with Crippen molar-refractivity contribution in [3.63, 3.8) is 0 Å². The molecule has 2 aromatic rings. The van der Waals surface area contributed by atoms with Crippen LogP contribution in [0, 0.1) is 5.92 Å². The fourth-order valence-electron chi connectivity index (χ4n) is 2.66. The molecule has 3 rings (SSSR count). The number of aromatic nitrogens is 1. The Kier molecular flexibility index (Phi) is 4.88. The van der Waals surface area contributed by atoms with Gasteiger partial charge in [0.25, 0.3) is 0 Å². The van der Waals surface area contributed by atoms with Crippen molar-refractivity contribution in [1.29, 1.82) is 0 Å². The number of benzene rings is 1. The van der Waals surface area contributed by atoms with Crippen LogP contribution < -0.4 is 10.1 Å². The van der Waals surface area contributed by atoms with E-state index < -0.39 is 0 Å². The number of ether oxygens (including phenoxy) is 1. The topological polar surface area (TPSA) is 54.5 Å². The number of carbonyl (C=O) groups is 1. The lowest BCUT2D eigenvalue weighted by Gasteiger charge is -2.38.